The molecule has 11 heavy (non-hydrogen) atoms. The van der Waals surface area contributed by atoms with Crippen molar-refractivity contribution in [3.05, 3.63) is 21.9 Å². The molecule has 0 aliphatic heterocycles. The van der Waals surface area contributed by atoms with Gasteiger partial charge in [0.1, 0.15) is 5.15 Å². The fourth-order valence-corrected chi connectivity index (χ4v) is 2.23. The third-order valence-corrected chi connectivity index (χ3v) is 2.84. The molecule has 1 aromatic rings. The average Bonchev–Trinajstić information content (AvgIpc) is 1.85. The summed E-state index contributed by atoms with van der Waals surface area (Å²) in [5, 5.41) is 1.16. The molecule has 0 saturated heterocycles. The third-order valence-electron chi connectivity index (χ3n) is 1.22. The van der Waals surface area contributed by atoms with Crippen molar-refractivity contribution < 1.29 is 0 Å². The van der Waals surface area contributed by atoms with Crippen molar-refractivity contribution in [3.63, 3.8) is 0 Å². The van der Waals surface area contributed by atoms with Crippen molar-refractivity contribution in [2.45, 2.75) is 11.8 Å². The lowest BCUT2D eigenvalue weighted by Crippen LogP contribution is -1.85. The van der Waals surface area contributed by atoms with Gasteiger partial charge >= 0.3 is 0 Å². The van der Waals surface area contributed by atoms with Crippen LogP contribution >= 0.6 is 35.0 Å². The van der Waals surface area contributed by atoms with Crippen LogP contribution in [0.3, 0.4) is 0 Å². The summed E-state index contributed by atoms with van der Waals surface area (Å²) in [6.07, 6.45) is 1.92. The van der Waals surface area contributed by atoms with Crippen LogP contribution in [-0.4, -0.2) is 11.2 Å². The summed E-state index contributed by atoms with van der Waals surface area (Å²) < 4.78 is 0. The summed E-state index contributed by atoms with van der Waals surface area (Å²) in [6, 6.07) is 1.80. The van der Waals surface area contributed by atoms with Crippen LogP contribution in [0.15, 0.2) is 11.0 Å². The van der Waals surface area contributed by atoms with Gasteiger partial charge in [0.25, 0.3) is 0 Å². The van der Waals surface area contributed by atoms with Crippen molar-refractivity contribution in [1.29, 1.82) is 0 Å². The topological polar surface area (TPSA) is 12.9 Å². The number of halogens is 2. The summed E-state index contributed by atoms with van der Waals surface area (Å²) in [6.45, 7) is 1.86. The Morgan fingerprint density at radius 3 is 2.55 bits per heavy atom. The summed E-state index contributed by atoms with van der Waals surface area (Å²) in [5.74, 6) is 0. The number of hydrogen-bond donors (Lipinski definition) is 0. The first-order chi connectivity index (χ1) is 5.15. The van der Waals surface area contributed by atoms with E-state index in [1.807, 2.05) is 13.2 Å². The lowest BCUT2D eigenvalue weighted by molar-refractivity contribution is 1.15. The lowest BCUT2D eigenvalue weighted by Gasteiger charge is -2.02. The first-order valence-corrected chi connectivity index (χ1v) is 5.00. The van der Waals surface area contributed by atoms with Gasteiger partial charge in [-0.25, -0.2) is 4.98 Å². The normalized spacial score (nSPS) is 10.2. The van der Waals surface area contributed by atoms with E-state index in [2.05, 4.69) is 4.98 Å². The summed E-state index contributed by atoms with van der Waals surface area (Å²) in [7, 11) is 0. The molecule has 0 radical (unpaired) electrons. The SMILES string of the molecule is CSc1c(Cl)cc(C)nc1Cl. The predicted molar refractivity (Wildman–Crippen MR) is 50.8 cm³/mol. The summed E-state index contributed by atoms with van der Waals surface area (Å²) >= 11 is 13.2. The van der Waals surface area contributed by atoms with Crippen LogP contribution in [0.1, 0.15) is 5.69 Å². The maximum absolute atomic E-state index is 5.89. The van der Waals surface area contributed by atoms with E-state index in [0.717, 1.165) is 10.6 Å². The maximum Gasteiger partial charge on any atom is 0.144 e. The lowest BCUT2D eigenvalue weighted by atomic mass is 10.4. The Kier molecular flexibility index (Phi) is 3.05. The number of nitrogens with zero attached hydrogens (tertiary/aromatic N) is 1. The van der Waals surface area contributed by atoms with Crippen LogP contribution in [0.5, 0.6) is 0 Å². The van der Waals surface area contributed by atoms with E-state index in [1.165, 1.54) is 11.8 Å². The number of thioether (sulfide) groups is 1. The zero-order chi connectivity index (χ0) is 8.43. The molecule has 0 spiro atoms. The number of rotatable bonds is 1. The Morgan fingerprint density at radius 1 is 1.45 bits per heavy atom. The minimum atomic E-state index is 0.488. The highest BCUT2D eigenvalue weighted by Gasteiger charge is 2.05. The molecule has 0 unspecified atom stereocenters. The van der Waals surface area contributed by atoms with Crippen LogP contribution < -0.4 is 0 Å². The molecule has 0 saturated carbocycles. The molecule has 0 bridgehead atoms. The molecule has 1 aromatic heterocycles. The van der Waals surface area contributed by atoms with Crippen molar-refractivity contribution in [2.75, 3.05) is 6.26 Å². The molecule has 4 heteroatoms. The average molecular weight is 208 g/mol. The minimum Gasteiger partial charge on any atom is -0.240 e. The summed E-state index contributed by atoms with van der Waals surface area (Å²) in [4.78, 5) is 4.91. The molecular formula is C7H7Cl2NS. The van der Waals surface area contributed by atoms with Gasteiger partial charge in [0, 0.05) is 5.69 Å². The van der Waals surface area contributed by atoms with Gasteiger partial charge in [-0.15, -0.1) is 11.8 Å². The van der Waals surface area contributed by atoms with Crippen LogP contribution in [-0.2, 0) is 0 Å². The van der Waals surface area contributed by atoms with Crippen molar-refractivity contribution in [2.24, 2.45) is 0 Å². The van der Waals surface area contributed by atoms with Gasteiger partial charge in [0.15, 0.2) is 0 Å². The molecule has 0 aromatic carbocycles. The smallest absolute Gasteiger partial charge is 0.144 e. The molecule has 0 aliphatic rings. The molecule has 60 valence electrons. The monoisotopic (exact) mass is 207 g/mol. The Morgan fingerprint density at radius 2 is 2.09 bits per heavy atom. The van der Waals surface area contributed by atoms with Crippen LogP contribution in [0.25, 0.3) is 0 Å². The fourth-order valence-electron chi connectivity index (χ4n) is 0.767. The standard InChI is InChI=1S/C7H7Cl2NS/c1-4-3-5(8)6(11-2)7(9)10-4/h3H,1-2H3. The van der Waals surface area contributed by atoms with E-state index in [9.17, 15) is 0 Å². The van der Waals surface area contributed by atoms with Crippen molar-refractivity contribution in [1.82, 2.24) is 4.98 Å². The van der Waals surface area contributed by atoms with Gasteiger partial charge in [-0.2, -0.15) is 0 Å². The Hall–Kier alpha value is 0.0800. The van der Waals surface area contributed by atoms with E-state index < -0.39 is 0 Å². The number of aryl methyl sites for hydroxylation is 1. The van der Waals surface area contributed by atoms with Gasteiger partial charge in [-0.3, -0.25) is 0 Å². The second-order valence-electron chi connectivity index (χ2n) is 2.07. The van der Waals surface area contributed by atoms with Gasteiger partial charge in [-0.1, -0.05) is 23.2 Å². The summed E-state index contributed by atoms with van der Waals surface area (Å²) in [5.41, 5.74) is 0.845. The van der Waals surface area contributed by atoms with Gasteiger partial charge in [0.2, 0.25) is 0 Å². The van der Waals surface area contributed by atoms with Gasteiger partial charge < -0.3 is 0 Å². The number of aromatic nitrogens is 1. The minimum absolute atomic E-state index is 0.488. The van der Waals surface area contributed by atoms with E-state index in [0.29, 0.717) is 10.2 Å². The van der Waals surface area contributed by atoms with Crippen LogP contribution in [0.2, 0.25) is 10.2 Å². The van der Waals surface area contributed by atoms with Crippen molar-refractivity contribution >= 4 is 35.0 Å². The second kappa shape index (κ2) is 3.65. The molecule has 1 heterocycles. The quantitative estimate of drug-likeness (QED) is 0.518. The Bertz CT molecular complexity index is 252. The fraction of sp³-hybridized carbons (Fsp3) is 0.286. The molecule has 0 atom stereocenters. The zero-order valence-electron chi connectivity index (χ0n) is 6.19. The molecule has 0 amide bonds. The zero-order valence-corrected chi connectivity index (χ0v) is 8.52. The highest BCUT2D eigenvalue weighted by molar-refractivity contribution is 7.98. The highest BCUT2D eigenvalue weighted by atomic mass is 35.5. The molecule has 0 N–H and O–H groups in total. The van der Waals surface area contributed by atoms with E-state index >= 15 is 0 Å². The second-order valence-corrected chi connectivity index (χ2v) is 3.65. The Labute approximate surface area is 80.1 Å². The largest absolute Gasteiger partial charge is 0.240 e. The molecular weight excluding hydrogens is 201 g/mol. The Balaban J connectivity index is 3.25. The predicted octanol–water partition coefficient (Wildman–Crippen LogP) is 3.42. The van der Waals surface area contributed by atoms with E-state index in [1.54, 1.807) is 6.07 Å². The van der Waals surface area contributed by atoms with E-state index in [-0.39, 0.29) is 0 Å². The third kappa shape index (κ3) is 2.01. The van der Waals surface area contributed by atoms with Gasteiger partial charge in [0.05, 0.1) is 9.92 Å². The number of pyridine rings is 1. The molecule has 1 rings (SSSR count). The van der Waals surface area contributed by atoms with Crippen LogP contribution in [0, 0.1) is 6.92 Å². The van der Waals surface area contributed by atoms with Gasteiger partial charge in [-0.05, 0) is 19.2 Å². The first-order valence-electron chi connectivity index (χ1n) is 3.01. The first kappa shape index (κ1) is 9.17. The number of hydrogen-bond acceptors (Lipinski definition) is 2. The molecule has 0 aliphatic carbocycles. The highest BCUT2D eigenvalue weighted by Crippen LogP contribution is 2.31. The van der Waals surface area contributed by atoms with Crippen molar-refractivity contribution in [3.8, 4) is 0 Å². The maximum atomic E-state index is 5.89. The molecule has 0 fully saturated rings. The van der Waals surface area contributed by atoms with Crippen LogP contribution in [0.4, 0.5) is 0 Å². The van der Waals surface area contributed by atoms with E-state index in [4.69, 9.17) is 23.2 Å². The molecule has 1 nitrogen and oxygen atoms in total.